The average molecular weight is 245 g/mol. The van der Waals surface area contributed by atoms with Gasteiger partial charge in [-0.1, -0.05) is 13.3 Å². The van der Waals surface area contributed by atoms with Gasteiger partial charge >= 0.3 is 5.97 Å². The number of carboxylic acids is 1. The number of unbranched alkanes of at least 4 members (excludes halogenated alkanes) is 1. The summed E-state index contributed by atoms with van der Waals surface area (Å²) in [6, 6.07) is 0. The number of nitrogens with one attached hydrogen (secondary N) is 1. The summed E-state index contributed by atoms with van der Waals surface area (Å²) in [4.78, 5) is 10.7. The molecule has 0 aromatic heterocycles. The van der Waals surface area contributed by atoms with Gasteiger partial charge in [0.25, 0.3) is 0 Å². The summed E-state index contributed by atoms with van der Waals surface area (Å²) in [6.45, 7) is 5.16. The van der Waals surface area contributed by atoms with Crippen molar-refractivity contribution in [1.29, 1.82) is 0 Å². The second-order valence-electron chi connectivity index (χ2n) is 4.33. The Kier molecular flexibility index (Phi) is 7.16. The molecule has 1 saturated heterocycles. The van der Waals surface area contributed by atoms with Gasteiger partial charge in [0.05, 0.1) is 12.7 Å². The lowest BCUT2D eigenvalue weighted by Gasteiger charge is -2.12. The Morgan fingerprint density at radius 1 is 1.47 bits per heavy atom. The number of carbonyl (C=O) groups is 1. The van der Waals surface area contributed by atoms with Gasteiger partial charge < -0.3 is 19.9 Å². The van der Waals surface area contributed by atoms with E-state index in [1.807, 2.05) is 0 Å². The summed E-state index contributed by atoms with van der Waals surface area (Å²) >= 11 is 0. The van der Waals surface area contributed by atoms with Crippen LogP contribution in [0.3, 0.4) is 0 Å². The van der Waals surface area contributed by atoms with E-state index in [1.54, 1.807) is 0 Å². The van der Waals surface area contributed by atoms with Gasteiger partial charge in [-0.15, -0.1) is 0 Å². The van der Waals surface area contributed by atoms with Gasteiger partial charge in [-0.25, -0.2) is 4.79 Å². The Balaban J connectivity index is 1.92. The van der Waals surface area contributed by atoms with Gasteiger partial charge in [0.1, 0.15) is 0 Å². The third kappa shape index (κ3) is 6.00. The van der Waals surface area contributed by atoms with E-state index in [0.29, 0.717) is 19.6 Å². The Morgan fingerprint density at radius 3 is 2.94 bits per heavy atom. The highest BCUT2D eigenvalue weighted by Gasteiger charge is 2.29. The monoisotopic (exact) mass is 245 g/mol. The fourth-order valence-corrected chi connectivity index (χ4v) is 1.79. The van der Waals surface area contributed by atoms with Gasteiger partial charge in [0.15, 0.2) is 6.10 Å². The molecule has 17 heavy (non-hydrogen) atoms. The lowest BCUT2D eigenvalue weighted by Crippen LogP contribution is -2.31. The molecule has 0 aromatic carbocycles. The van der Waals surface area contributed by atoms with Crippen molar-refractivity contribution in [3.63, 3.8) is 0 Å². The summed E-state index contributed by atoms with van der Waals surface area (Å²) in [5, 5.41) is 12.0. The molecule has 0 bridgehead atoms. The van der Waals surface area contributed by atoms with Crippen molar-refractivity contribution in [2.45, 2.75) is 44.8 Å². The van der Waals surface area contributed by atoms with Crippen molar-refractivity contribution in [3.8, 4) is 0 Å². The quantitative estimate of drug-likeness (QED) is 0.594. The van der Waals surface area contributed by atoms with Crippen molar-refractivity contribution < 1.29 is 19.4 Å². The molecule has 2 unspecified atom stereocenters. The highest BCUT2D eigenvalue weighted by Crippen LogP contribution is 2.18. The smallest absolute Gasteiger partial charge is 0.332 e. The lowest BCUT2D eigenvalue weighted by molar-refractivity contribution is -0.149. The summed E-state index contributed by atoms with van der Waals surface area (Å²) in [6.07, 6.45) is 3.12. The van der Waals surface area contributed by atoms with E-state index in [9.17, 15) is 4.79 Å². The molecule has 1 aliphatic heterocycles. The first-order valence-electron chi connectivity index (χ1n) is 6.40. The van der Waals surface area contributed by atoms with E-state index < -0.39 is 12.1 Å². The van der Waals surface area contributed by atoms with Gasteiger partial charge in [-0.3, -0.25) is 0 Å². The third-order valence-electron chi connectivity index (χ3n) is 2.82. The first-order valence-corrected chi connectivity index (χ1v) is 6.40. The predicted molar refractivity (Wildman–Crippen MR) is 64.1 cm³/mol. The molecule has 2 atom stereocenters. The standard InChI is InChI=1S/C12H23NO4/c1-2-3-7-16-8-6-13-9-10-4-5-11(17-10)12(14)15/h10-11,13H,2-9H2,1H3,(H,14,15). The van der Waals surface area contributed by atoms with Crippen molar-refractivity contribution in [2.24, 2.45) is 0 Å². The van der Waals surface area contributed by atoms with Gasteiger partial charge in [-0.05, 0) is 19.3 Å². The molecule has 1 aliphatic rings. The van der Waals surface area contributed by atoms with E-state index in [1.165, 1.54) is 0 Å². The minimum absolute atomic E-state index is 0.0340. The Labute approximate surface area is 102 Å². The normalized spacial score (nSPS) is 24.1. The van der Waals surface area contributed by atoms with E-state index in [4.69, 9.17) is 14.6 Å². The second kappa shape index (κ2) is 8.44. The highest BCUT2D eigenvalue weighted by molar-refractivity contribution is 5.72. The zero-order valence-corrected chi connectivity index (χ0v) is 10.5. The lowest BCUT2D eigenvalue weighted by atomic mass is 10.2. The zero-order valence-electron chi connectivity index (χ0n) is 10.5. The molecule has 5 heteroatoms. The molecule has 0 radical (unpaired) electrons. The topological polar surface area (TPSA) is 67.8 Å². The Bertz CT molecular complexity index is 223. The van der Waals surface area contributed by atoms with E-state index >= 15 is 0 Å². The largest absolute Gasteiger partial charge is 0.479 e. The van der Waals surface area contributed by atoms with Crippen LogP contribution < -0.4 is 5.32 Å². The van der Waals surface area contributed by atoms with Crippen LogP contribution in [0.5, 0.6) is 0 Å². The minimum Gasteiger partial charge on any atom is -0.479 e. The van der Waals surface area contributed by atoms with Crippen LogP contribution in [0.2, 0.25) is 0 Å². The van der Waals surface area contributed by atoms with Crippen LogP contribution in [0.4, 0.5) is 0 Å². The van der Waals surface area contributed by atoms with E-state index in [0.717, 1.165) is 32.4 Å². The summed E-state index contributed by atoms with van der Waals surface area (Å²) in [7, 11) is 0. The minimum atomic E-state index is -0.851. The van der Waals surface area contributed by atoms with Crippen molar-refractivity contribution in [3.05, 3.63) is 0 Å². The molecular weight excluding hydrogens is 222 g/mol. The molecule has 0 amide bonds. The first-order chi connectivity index (χ1) is 8.24. The zero-order chi connectivity index (χ0) is 12.5. The van der Waals surface area contributed by atoms with Crippen molar-refractivity contribution in [1.82, 2.24) is 5.32 Å². The molecule has 5 nitrogen and oxygen atoms in total. The maximum Gasteiger partial charge on any atom is 0.332 e. The number of hydrogen-bond acceptors (Lipinski definition) is 4. The molecule has 1 heterocycles. The van der Waals surface area contributed by atoms with Crippen LogP contribution in [0.25, 0.3) is 0 Å². The maximum atomic E-state index is 10.7. The van der Waals surface area contributed by atoms with Crippen LogP contribution in [-0.4, -0.2) is 49.6 Å². The summed E-state index contributed by atoms with van der Waals surface area (Å²) < 4.78 is 10.8. The number of hydrogen-bond donors (Lipinski definition) is 2. The fraction of sp³-hybridized carbons (Fsp3) is 0.917. The Morgan fingerprint density at radius 2 is 2.29 bits per heavy atom. The van der Waals surface area contributed by atoms with E-state index in [2.05, 4.69) is 12.2 Å². The van der Waals surface area contributed by atoms with Crippen molar-refractivity contribution >= 4 is 5.97 Å². The summed E-state index contributed by atoms with van der Waals surface area (Å²) in [5.74, 6) is -0.851. The molecular formula is C12H23NO4. The number of ether oxygens (including phenoxy) is 2. The summed E-state index contributed by atoms with van der Waals surface area (Å²) in [5.41, 5.74) is 0. The molecule has 0 aromatic rings. The molecule has 0 saturated carbocycles. The maximum absolute atomic E-state index is 10.7. The van der Waals surface area contributed by atoms with Crippen molar-refractivity contribution in [2.75, 3.05) is 26.3 Å². The second-order valence-corrected chi connectivity index (χ2v) is 4.33. The number of rotatable bonds is 9. The Hall–Kier alpha value is -0.650. The number of aliphatic carboxylic acids is 1. The number of carboxylic acid groups (broad SMARTS) is 1. The first kappa shape index (κ1) is 14.4. The van der Waals surface area contributed by atoms with E-state index in [-0.39, 0.29) is 6.10 Å². The van der Waals surface area contributed by atoms with Crippen LogP contribution >= 0.6 is 0 Å². The molecule has 1 fully saturated rings. The molecule has 2 N–H and O–H groups in total. The molecule has 0 aliphatic carbocycles. The van der Waals surface area contributed by atoms with Crippen LogP contribution in [0, 0.1) is 0 Å². The highest BCUT2D eigenvalue weighted by atomic mass is 16.5. The third-order valence-corrected chi connectivity index (χ3v) is 2.82. The van der Waals surface area contributed by atoms with Gasteiger partial charge in [0.2, 0.25) is 0 Å². The SMILES string of the molecule is CCCCOCCNCC1CCC(C(=O)O)O1. The fourth-order valence-electron chi connectivity index (χ4n) is 1.79. The predicted octanol–water partition coefficient (Wildman–Crippen LogP) is 1.02. The molecule has 100 valence electrons. The van der Waals surface area contributed by atoms with Gasteiger partial charge in [0, 0.05) is 19.7 Å². The molecule has 0 spiro atoms. The van der Waals surface area contributed by atoms with Crippen LogP contribution in [0.15, 0.2) is 0 Å². The average Bonchev–Trinajstić information content (AvgIpc) is 2.77. The molecule has 1 rings (SSSR count). The van der Waals surface area contributed by atoms with Crippen LogP contribution in [-0.2, 0) is 14.3 Å². The van der Waals surface area contributed by atoms with Gasteiger partial charge in [-0.2, -0.15) is 0 Å². The van der Waals surface area contributed by atoms with Crippen LogP contribution in [0.1, 0.15) is 32.6 Å².